The number of carboxylic acid groups (broad SMARTS) is 1. The third-order valence-electron chi connectivity index (χ3n) is 4.19. The molecule has 1 amide bonds. The molecule has 1 fully saturated rings. The van der Waals surface area contributed by atoms with Crippen LogP contribution in [0.3, 0.4) is 0 Å². The number of methoxy groups -OCH3 is 1. The van der Waals surface area contributed by atoms with Crippen LogP contribution >= 0.6 is 0 Å². The highest BCUT2D eigenvalue weighted by molar-refractivity contribution is 5.87. The van der Waals surface area contributed by atoms with Gasteiger partial charge in [-0.3, -0.25) is 9.59 Å². The summed E-state index contributed by atoms with van der Waals surface area (Å²) in [6, 6.07) is -1.04. The number of aliphatic carboxylic acids is 1. The number of nitrogens with one attached hydrogen (secondary N) is 1. The first-order chi connectivity index (χ1) is 9.45. The zero-order valence-electron chi connectivity index (χ0n) is 12.1. The van der Waals surface area contributed by atoms with Crippen LogP contribution in [0.15, 0.2) is 0 Å². The van der Waals surface area contributed by atoms with Crippen molar-refractivity contribution in [2.45, 2.75) is 57.9 Å². The molecule has 20 heavy (non-hydrogen) atoms. The van der Waals surface area contributed by atoms with Crippen LogP contribution in [0.2, 0.25) is 0 Å². The van der Waals surface area contributed by atoms with E-state index >= 15 is 0 Å². The number of carbonyl (C=O) groups is 3. The van der Waals surface area contributed by atoms with Crippen LogP contribution in [-0.2, 0) is 19.1 Å². The van der Waals surface area contributed by atoms with E-state index < -0.39 is 23.4 Å². The maximum Gasteiger partial charge on any atom is 0.326 e. The van der Waals surface area contributed by atoms with Crippen LogP contribution < -0.4 is 5.32 Å². The molecule has 0 radical (unpaired) electrons. The highest BCUT2D eigenvalue weighted by Crippen LogP contribution is 2.41. The zero-order valence-corrected chi connectivity index (χ0v) is 12.1. The molecule has 6 heteroatoms. The molecule has 1 unspecified atom stereocenters. The molecule has 1 atom stereocenters. The Labute approximate surface area is 118 Å². The highest BCUT2D eigenvalue weighted by Gasteiger charge is 2.40. The van der Waals surface area contributed by atoms with Crippen molar-refractivity contribution < 1.29 is 24.2 Å². The second kappa shape index (κ2) is 7.26. The van der Waals surface area contributed by atoms with Gasteiger partial charge in [-0.05, 0) is 25.7 Å². The van der Waals surface area contributed by atoms with Crippen molar-refractivity contribution in [2.75, 3.05) is 7.11 Å². The summed E-state index contributed by atoms with van der Waals surface area (Å²) in [5, 5.41) is 11.7. The highest BCUT2D eigenvalue weighted by atomic mass is 16.5. The summed E-state index contributed by atoms with van der Waals surface area (Å²) in [5.41, 5.74) is -0.432. The van der Waals surface area contributed by atoms with E-state index in [0.29, 0.717) is 6.42 Å². The Morgan fingerprint density at radius 3 is 2.35 bits per heavy atom. The first-order valence-electron chi connectivity index (χ1n) is 7.06. The Morgan fingerprint density at radius 1 is 1.30 bits per heavy atom. The molecule has 0 heterocycles. The van der Waals surface area contributed by atoms with Gasteiger partial charge in [0.15, 0.2) is 0 Å². The van der Waals surface area contributed by atoms with Gasteiger partial charge >= 0.3 is 11.9 Å². The number of amides is 1. The Morgan fingerprint density at radius 2 is 1.90 bits per heavy atom. The summed E-state index contributed by atoms with van der Waals surface area (Å²) in [7, 11) is 1.25. The van der Waals surface area contributed by atoms with Crippen molar-refractivity contribution >= 4 is 17.8 Å². The molecule has 0 saturated heterocycles. The predicted molar refractivity (Wildman–Crippen MR) is 72.0 cm³/mol. The molecule has 6 nitrogen and oxygen atoms in total. The first-order valence-corrected chi connectivity index (χ1v) is 7.06. The molecule has 0 aromatic carbocycles. The molecule has 0 aliphatic heterocycles. The van der Waals surface area contributed by atoms with Gasteiger partial charge in [-0.2, -0.15) is 0 Å². The van der Waals surface area contributed by atoms with E-state index in [1.165, 1.54) is 7.11 Å². The Balaban J connectivity index is 2.63. The lowest BCUT2D eigenvalue weighted by molar-refractivity contribution is -0.145. The van der Waals surface area contributed by atoms with Gasteiger partial charge in [-0.15, -0.1) is 0 Å². The van der Waals surface area contributed by atoms with Crippen LogP contribution in [0.1, 0.15) is 51.9 Å². The summed E-state index contributed by atoms with van der Waals surface area (Å²) >= 11 is 0. The average molecular weight is 285 g/mol. The monoisotopic (exact) mass is 285 g/mol. The quantitative estimate of drug-likeness (QED) is 0.691. The zero-order chi connectivity index (χ0) is 15.2. The molecule has 0 spiro atoms. The fraction of sp³-hybridized carbons (Fsp3) is 0.786. The van der Waals surface area contributed by atoms with Gasteiger partial charge in [0.1, 0.15) is 6.04 Å². The minimum atomic E-state index is -1.12. The van der Waals surface area contributed by atoms with Gasteiger partial charge in [-0.25, -0.2) is 4.79 Å². The Kier molecular flexibility index (Phi) is 5.98. The minimum Gasteiger partial charge on any atom is -0.480 e. The van der Waals surface area contributed by atoms with Crippen LogP contribution in [0.25, 0.3) is 0 Å². The second-order valence-electron chi connectivity index (χ2n) is 5.32. The van der Waals surface area contributed by atoms with Gasteiger partial charge in [0.25, 0.3) is 0 Å². The van der Waals surface area contributed by atoms with Crippen LogP contribution in [0.5, 0.6) is 0 Å². The number of rotatable bonds is 7. The minimum absolute atomic E-state index is 0.0210. The molecule has 0 bridgehead atoms. The lowest BCUT2D eigenvalue weighted by Crippen LogP contribution is -2.47. The summed E-state index contributed by atoms with van der Waals surface area (Å²) in [6.45, 7) is 1.95. The normalized spacial score (nSPS) is 18.3. The molecule has 114 valence electrons. The molecule has 1 saturated carbocycles. The standard InChI is InChI=1S/C14H23NO5/c1-3-14(8-4-5-9-14)13(19)15-10(12(17)18)6-7-11(16)20-2/h10H,3-9H2,1-2H3,(H,15,19)(H,17,18). The van der Waals surface area contributed by atoms with Crippen molar-refractivity contribution in [3.05, 3.63) is 0 Å². The summed E-state index contributed by atoms with van der Waals surface area (Å²) in [6.07, 6.45) is 4.35. The largest absolute Gasteiger partial charge is 0.480 e. The van der Waals surface area contributed by atoms with Gasteiger partial charge in [0, 0.05) is 11.8 Å². The van der Waals surface area contributed by atoms with E-state index in [2.05, 4.69) is 10.1 Å². The van der Waals surface area contributed by atoms with Crippen LogP contribution in [0.4, 0.5) is 0 Å². The van der Waals surface area contributed by atoms with E-state index in [4.69, 9.17) is 5.11 Å². The molecule has 1 aliphatic rings. The third-order valence-corrected chi connectivity index (χ3v) is 4.19. The van der Waals surface area contributed by atoms with E-state index in [9.17, 15) is 14.4 Å². The van der Waals surface area contributed by atoms with E-state index in [1.807, 2.05) is 6.92 Å². The van der Waals surface area contributed by atoms with Crippen LogP contribution in [0, 0.1) is 5.41 Å². The number of hydrogen-bond donors (Lipinski definition) is 2. The number of ether oxygens (including phenoxy) is 1. The average Bonchev–Trinajstić information content (AvgIpc) is 2.92. The van der Waals surface area contributed by atoms with Gasteiger partial charge in [-0.1, -0.05) is 19.8 Å². The van der Waals surface area contributed by atoms with E-state index in [1.54, 1.807) is 0 Å². The Hall–Kier alpha value is -1.59. The fourth-order valence-electron chi connectivity index (χ4n) is 2.73. The first kappa shape index (κ1) is 16.5. The summed E-state index contributed by atoms with van der Waals surface area (Å²) in [5.74, 6) is -1.79. The molecule has 1 rings (SSSR count). The molecule has 0 aromatic rings. The summed E-state index contributed by atoms with van der Waals surface area (Å²) in [4.78, 5) is 34.6. The lowest BCUT2D eigenvalue weighted by atomic mass is 9.82. The molecular formula is C14H23NO5. The molecule has 0 aromatic heterocycles. The van der Waals surface area contributed by atoms with Gasteiger partial charge in [0.05, 0.1) is 7.11 Å². The molecular weight excluding hydrogens is 262 g/mol. The molecule has 2 N–H and O–H groups in total. The van der Waals surface area contributed by atoms with Crippen molar-refractivity contribution in [3.63, 3.8) is 0 Å². The maximum atomic E-state index is 12.3. The number of carboxylic acids is 1. The van der Waals surface area contributed by atoms with Crippen molar-refractivity contribution in [1.29, 1.82) is 0 Å². The van der Waals surface area contributed by atoms with Crippen molar-refractivity contribution in [3.8, 4) is 0 Å². The van der Waals surface area contributed by atoms with Crippen molar-refractivity contribution in [2.24, 2.45) is 5.41 Å². The van der Waals surface area contributed by atoms with E-state index in [-0.39, 0.29) is 18.7 Å². The molecule has 1 aliphatic carbocycles. The van der Waals surface area contributed by atoms with E-state index in [0.717, 1.165) is 25.7 Å². The van der Waals surface area contributed by atoms with Gasteiger partial charge in [0.2, 0.25) is 5.91 Å². The SMILES string of the molecule is CCC1(C(=O)NC(CCC(=O)OC)C(=O)O)CCCC1. The number of carbonyl (C=O) groups excluding carboxylic acids is 2. The maximum absolute atomic E-state index is 12.3. The number of hydrogen-bond acceptors (Lipinski definition) is 4. The summed E-state index contributed by atoms with van der Waals surface area (Å²) < 4.78 is 4.48. The topological polar surface area (TPSA) is 92.7 Å². The van der Waals surface area contributed by atoms with Crippen LogP contribution in [-0.4, -0.2) is 36.1 Å². The van der Waals surface area contributed by atoms with Crippen molar-refractivity contribution in [1.82, 2.24) is 5.32 Å². The van der Waals surface area contributed by atoms with Gasteiger partial charge < -0.3 is 15.2 Å². The Bertz CT molecular complexity index is 374. The smallest absolute Gasteiger partial charge is 0.326 e. The lowest BCUT2D eigenvalue weighted by Gasteiger charge is -2.28. The predicted octanol–water partition coefficient (Wildman–Crippen LogP) is 1.48. The third kappa shape index (κ3) is 3.95. The number of esters is 1. The second-order valence-corrected chi connectivity index (χ2v) is 5.32. The fourth-order valence-corrected chi connectivity index (χ4v) is 2.73.